The summed E-state index contributed by atoms with van der Waals surface area (Å²) in [4.78, 5) is 2.01. The molecule has 5 nitrogen and oxygen atoms in total. The highest BCUT2D eigenvalue weighted by molar-refractivity contribution is 7.89. The van der Waals surface area contributed by atoms with E-state index in [2.05, 4.69) is 5.32 Å². The molecule has 0 saturated carbocycles. The molecule has 0 bridgehead atoms. The van der Waals surface area contributed by atoms with Crippen LogP contribution in [0.25, 0.3) is 0 Å². The van der Waals surface area contributed by atoms with Gasteiger partial charge in [-0.1, -0.05) is 13.8 Å². The maximum atomic E-state index is 12.2. The highest BCUT2D eigenvalue weighted by Gasteiger charge is 2.22. The highest BCUT2D eigenvalue weighted by atomic mass is 32.2. The molecule has 0 aliphatic heterocycles. The fourth-order valence-corrected chi connectivity index (χ4v) is 3.28. The van der Waals surface area contributed by atoms with Crippen LogP contribution in [-0.4, -0.2) is 70.7 Å². The summed E-state index contributed by atoms with van der Waals surface area (Å²) >= 11 is 0. The Labute approximate surface area is 113 Å². The Balaban J connectivity index is 4.50. The van der Waals surface area contributed by atoms with Gasteiger partial charge in [0.2, 0.25) is 10.0 Å². The second-order valence-electron chi connectivity index (χ2n) is 5.33. The second kappa shape index (κ2) is 8.85. The van der Waals surface area contributed by atoms with Crippen LogP contribution in [-0.2, 0) is 10.0 Å². The minimum Gasteiger partial charge on any atom is -0.320 e. The van der Waals surface area contributed by atoms with Gasteiger partial charge in [0.25, 0.3) is 0 Å². The SMILES string of the molecule is CNCCCS(=O)(=O)N(CCN(C)C)CC(C)C. The molecular weight excluding hydrogens is 250 g/mol. The van der Waals surface area contributed by atoms with Crippen molar-refractivity contribution in [1.82, 2.24) is 14.5 Å². The number of sulfonamides is 1. The lowest BCUT2D eigenvalue weighted by molar-refractivity contribution is 0.312. The van der Waals surface area contributed by atoms with Crippen molar-refractivity contribution in [2.75, 3.05) is 53.1 Å². The summed E-state index contributed by atoms with van der Waals surface area (Å²) in [6.45, 7) is 6.78. The Morgan fingerprint density at radius 3 is 2.22 bits per heavy atom. The van der Waals surface area contributed by atoms with Crippen LogP contribution >= 0.6 is 0 Å². The van der Waals surface area contributed by atoms with Crippen molar-refractivity contribution in [3.05, 3.63) is 0 Å². The highest BCUT2D eigenvalue weighted by Crippen LogP contribution is 2.07. The molecule has 0 atom stereocenters. The molecule has 18 heavy (non-hydrogen) atoms. The number of nitrogens with one attached hydrogen (secondary N) is 1. The van der Waals surface area contributed by atoms with E-state index in [0.29, 0.717) is 25.4 Å². The van der Waals surface area contributed by atoms with Crippen molar-refractivity contribution in [3.63, 3.8) is 0 Å². The maximum absolute atomic E-state index is 12.2. The van der Waals surface area contributed by atoms with E-state index in [4.69, 9.17) is 0 Å². The van der Waals surface area contributed by atoms with Gasteiger partial charge >= 0.3 is 0 Å². The summed E-state index contributed by atoms with van der Waals surface area (Å²) in [5, 5.41) is 2.98. The van der Waals surface area contributed by atoms with Crippen molar-refractivity contribution in [3.8, 4) is 0 Å². The van der Waals surface area contributed by atoms with Gasteiger partial charge in [-0.25, -0.2) is 12.7 Å². The number of hydrogen-bond acceptors (Lipinski definition) is 4. The van der Waals surface area contributed by atoms with Crippen LogP contribution in [0.3, 0.4) is 0 Å². The van der Waals surface area contributed by atoms with Crippen LogP contribution in [0.15, 0.2) is 0 Å². The minimum absolute atomic E-state index is 0.230. The standard InChI is InChI=1S/C12H29N3O2S/c1-12(2)11-15(9-8-14(4)5)18(16,17)10-6-7-13-3/h12-13H,6-11H2,1-5H3. The molecule has 110 valence electrons. The average molecular weight is 279 g/mol. The van der Waals surface area contributed by atoms with Crippen molar-refractivity contribution < 1.29 is 8.42 Å². The second-order valence-corrected chi connectivity index (χ2v) is 7.42. The van der Waals surface area contributed by atoms with Crippen molar-refractivity contribution in [2.45, 2.75) is 20.3 Å². The van der Waals surface area contributed by atoms with Gasteiger partial charge in [-0.2, -0.15) is 0 Å². The Bertz CT molecular complexity index is 302. The van der Waals surface area contributed by atoms with Gasteiger partial charge in [0, 0.05) is 19.6 Å². The molecule has 0 aromatic carbocycles. The molecule has 6 heteroatoms. The van der Waals surface area contributed by atoms with Gasteiger partial charge in [-0.3, -0.25) is 0 Å². The summed E-state index contributed by atoms with van der Waals surface area (Å²) in [6, 6.07) is 0. The molecule has 0 aromatic rings. The summed E-state index contributed by atoms with van der Waals surface area (Å²) in [6.07, 6.45) is 0.662. The Hall–Kier alpha value is -0.170. The molecule has 0 radical (unpaired) electrons. The van der Waals surface area contributed by atoms with Gasteiger partial charge in [0.15, 0.2) is 0 Å². The molecule has 0 spiro atoms. The first-order chi connectivity index (χ1) is 8.29. The van der Waals surface area contributed by atoms with Gasteiger partial charge in [-0.15, -0.1) is 0 Å². The van der Waals surface area contributed by atoms with Crippen LogP contribution in [0.4, 0.5) is 0 Å². The molecule has 0 amide bonds. The Kier molecular flexibility index (Phi) is 8.77. The molecule has 0 rings (SSSR count). The molecular formula is C12H29N3O2S. The molecule has 0 aliphatic carbocycles. The lowest BCUT2D eigenvalue weighted by atomic mass is 10.2. The van der Waals surface area contributed by atoms with Crippen molar-refractivity contribution in [2.24, 2.45) is 5.92 Å². The zero-order chi connectivity index (χ0) is 14.2. The third-order valence-corrected chi connectivity index (χ3v) is 4.51. The fraction of sp³-hybridized carbons (Fsp3) is 1.00. The monoisotopic (exact) mass is 279 g/mol. The van der Waals surface area contributed by atoms with Crippen LogP contribution < -0.4 is 5.32 Å². The van der Waals surface area contributed by atoms with Crippen LogP contribution in [0.5, 0.6) is 0 Å². The van der Waals surface area contributed by atoms with E-state index in [9.17, 15) is 8.42 Å². The number of rotatable bonds is 10. The van der Waals surface area contributed by atoms with E-state index < -0.39 is 10.0 Å². The van der Waals surface area contributed by atoms with Gasteiger partial charge < -0.3 is 10.2 Å². The Morgan fingerprint density at radius 2 is 1.78 bits per heavy atom. The van der Waals surface area contributed by atoms with E-state index in [1.165, 1.54) is 0 Å². The predicted octanol–water partition coefficient (Wildman–Crippen LogP) is 0.445. The topological polar surface area (TPSA) is 52.7 Å². The summed E-state index contributed by atoms with van der Waals surface area (Å²) in [5.74, 6) is 0.583. The van der Waals surface area contributed by atoms with Crippen LogP contribution in [0.1, 0.15) is 20.3 Å². The molecule has 0 saturated heterocycles. The molecule has 0 heterocycles. The van der Waals surface area contributed by atoms with E-state index in [1.807, 2.05) is 39.9 Å². The first-order valence-corrected chi connectivity index (χ1v) is 8.17. The molecule has 0 aliphatic rings. The average Bonchev–Trinajstić information content (AvgIpc) is 2.23. The van der Waals surface area contributed by atoms with Gasteiger partial charge in [0.05, 0.1) is 5.75 Å². The summed E-state index contributed by atoms with van der Waals surface area (Å²) in [5.41, 5.74) is 0. The number of hydrogen-bond donors (Lipinski definition) is 1. The van der Waals surface area contributed by atoms with E-state index in [-0.39, 0.29) is 5.75 Å². The molecule has 0 unspecified atom stereocenters. The zero-order valence-corrected chi connectivity index (χ0v) is 13.3. The van der Waals surface area contributed by atoms with Crippen molar-refractivity contribution >= 4 is 10.0 Å². The largest absolute Gasteiger partial charge is 0.320 e. The predicted molar refractivity (Wildman–Crippen MR) is 77.3 cm³/mol. The molecule has 0 aromatic heterocycles. The van der Waals surface area contributed by atoms with E-state index in [0.717, 1.165) is 13.1 Å². The van der Waals surface area contributed by atoms with Crippen molar-refractivity contribution in [1.29, 1.82) is 0 Å². The summed E-state index contributed by atoms with van der Waals surface area (Å²) in [7, 11) is 2.64. The third-order valence-electron chi connectivity index (χ3n) is 2.59. The molecule has 1 N–H and O–H groups in total. The normalized spacial score (nSPS) is 12.9. The minimum atomic E-state index is -3.12. The van der Waals surface area contributed by atoms with Gasteiger partial charge in [-0.05, 0) is 40.0 Å². The lowest BCUT2D eigenvalue weighted by Crippen LogP contribution is -2.40. The van der Waals surface area contributed by atoms with E-state index in [1.54, 1.807) is 4.31 Å². The smallest absolute Gasteiger partial charge is 0.214 e. The first-order valence-electron chi connectivity index (χ1n) is 6.56. The van der Waals surface area contributed by atoms with Crippen LogP contribution in [0, 0.1) is 5.92 Å². The maximum Gasteiger partial charge on any atom is 0.214 e. The van der Waals surface area contributed by atoms with Crippen LogP contribution in [0.2, 0.25) is 0 Å². The quantitative estimate of drug-likeness (QED) is 0.590. The molecule has 0 fully saturated rings. The van der Waals surface area contributed by atoms with Gasteiger partial charge in [0.1, 0.15) is 0 Å². The van der Waals surface area contributed by atoms with E-state index >= 15 is 0 Å². The number of likely N-dealkylation sites (N-methyl/N-ethyl adjacent to an activating group) is 1. The first kappa shape index (κ1) is 17.8. The third kappa shape index (κ3) is 8.02. The lowest BCUT2D eigenvalue weighted by Gasteiger charge is -2.25. The Morgan fingerprint density at radius 1 is 1.17 bits per heavy atom. The summed E-state index contributed by atoms with van der Waals surface area (Å²) < 4.78 is 26.1. The number of nitrogens with zero attached hydrogens (tertiary/aromatic N) is 2. The zero-order valence-electron chi connectivity index (χ0n) is 12.4. The fourth-order valence-electron chi connectivity index (χ4n) is 1.62.